The van der Waals surface area contributed by atoms with Crippen LogP contribution in [0.25, 0.3) is 0 Å². The number of nitrogens with one attached hydrogen (secondary N) is 2. The number of aliphatic hydroxyl groups excluding tert-OH is 1. The van der Waals surface area contributed by atoms with Crippen molar-refractivity contribution < 1.29 is 5.11 Å². The molecule has 0 radical (unpaired) electrons. The lowest BCUT2D eigenvalue weighted by Gasteiger charge is -2.35. The van der Waals surface area contributed by atoms with Gasteiger partial charge in [0.1, 0.15) is 0 Å². The minimum Gasteiger partial charge on any atom is -0.386 e. The molecule has 1 aliphatic rings. The lowest BCUT2D eigenvalue weighted by Crippen LogP contribution is -2.46. The molecule has 0 aliphatic carbocycles. The molecule has 0 amide bonds. The van der Waals surface area contributed by atoms with E-state index in [-0.39, 0.29) is 24.0 Å². The van der Waals surface area contributed by atoms with Crippen molar-refractivity contribution in [2.75, 3.05) is 32.7 Å². The lowest BCUT2D eigenvalue weighted by molar-refractivity contribution is 0.147. The van der Waals surface area contributed by atoms with Crippen molar-refractivity contribution in [3.05, 3.63) is 30.1 Å². The number of rotatable bonds is 8. The summed E-state index contributed by atoms with van der Waals surface area (Å²) in [4.78, 5) is 11.1. The van der Waals surface area contributed by atoms with Crippen molar-refractivity contribution >= 4 is 29.9 Å². The van der Waals surface area contributed by atoms with E-state index in [0.717, 1.165) is 37.2 Å². The molecule has 2 heterocycles. The zero-order chi connectivity index (χ0) is 17.9. The molecule has 3 N–H and O–H groups in total. The normalized spacial score (nSPS) is 19.5. The number of likely N-dealkylation sites (tertiary alicyclic amines) is 1. The van der Waals surface area contributed by atoms with Gasteiger partial charge in [-0.05, 0) is 50.4 Å². The molecule has 1 aromatic rings. The van der Waals surface area contributed by atoms with Crippen LogP contribution in [0, 0.1) is 0 Å². The first-order valence-electron chi connectivity index (χ1n) is 9.58. The molecule has 1 fully saturated rings. The Hall–Kier alpha value is -0.930. The molecule has 7 heteroatoms. The van der Waals surface area contributed by atoms with Crippen LogP contribution in [-0.4, -0.2) is 59.7 Å². The molecule has 2 rings (SSSR count). The van der Waals surface area contributed by atoms with Crippen LogP contribution in [0.15, 0.2) is 29.5 Å². The molecule has 0 bridgehead atoms. The van der Waals surface area contributed by atoms with Gasteiger partial charge in [-0.2, -0.15) is 0 Å². The Morgan fingerprint density at radius 2 is 2.08 bits per heavy atom. The molecule has 0 saturated carbocycles. The van der Waals surface area contributed by atoms with Gasteiger partial charge in [-0.3, -0.25) is 14.9 Å². The van der Waals surface area contributed by atoms with Gasteiger partial charge in [0.05, 0.1) is 12.6 Å². The maximum absolute atomic E-state index is 10.2. The Labute approximate surface area is 174 Å². The van der Waals surface area contributed by atoms with E-state index >= 15 is 0 Å². The van der Waals surface area contributed by atoms with Gasteiger partial charge in [-0.15, -0.1) is 24.0 Å². The first kappa shape index (κ1) is 23.1. The second-order valence-corrected chi connectivity index (χ2v) is 6.54. The van der Waals surface area contributed by atoms with Gasteiger partial charge in [0.25, 0.3) is 0 Å². The number of halogens is 1. The van der Waals surface area contributed by atoms with Crippen LogP contribution < -0.4 is 10.6 Å². The summed E-state index contributed by atoms with van der Waals surface area (Å²) in [7, 11) is 0. The molecule has 0 spiro atoms. The molecule has 1 aliphatic heterocycles. The Balaban J connectivity index is 0.00000338. The van der Waals surface area contributed by atoms with E-state index < -0.39 is 6.10 Å². The highest BCUT2D eigenvalue weighted by molar-refractivity contribution is 14.0. The number of aliphatic imine (C=N–C) groups is 1. The maximum Gasteiger partial charge on any atom is 0.191 e. The van der Waals surface area contributed by atoms with E-state index in [1.54, 1.807) is 12.4 Å². The second kappa shape index (κ2) is 13.3. The molecule has 1 aromatic heterocycles. The smallest absolute Gasteiger partial charge is 0.191 e. The molecule has 0 aromatic carbocycles. The number of hydrogen-bond acceptors (Lipinski definition) is 4. The van der Waals surface area contributed by atoms with Gasteiger partial charge in [-0.25, -0.2) is 0 Å². The molecular formula is C19H34IN5O. The van der Waals surface area contributed by atoms with Gasteiger partial charge >= 0.3 is 0 Å². The summed E-state index contributed by atoms with van der Waals surface area (Å²) in [5, 5.41) is 16.9. The van der Waals surface area contributed by atoms with Crippen LogP contribution in [0.4, 0.5) is 0 Å². The second-order valence-electron chi connectivity index (χ2n) is 6.54. The first-order chi connectivity index (χ1) is 12.2. The van der Waals surface area contributed by atoms with Crippen molar-refractivity contribution in [3.63, 3.8) is 0 Å². The van der Waals surface area contributed by atoms with Crippen LogP contribution in [0.2, 0.25) is 0 Å². The van der Waals surface area contributed by atoms with Gasteiger partial charge in [0.15, 0.2) is 5.96 Å². The Morgan fingerprint density at radius 1 is 1.31 bits per heavy atom. The van der Waals surface area contributed by atoms with Crippen LogP contribution in [-0.2, 0) is 0 Å². The van der Waals surface area contributed by atoms with E-state index in [4.69, 9.17) is 0 Å². The largest absolute Gasteiger partial charge is 0.386 e. The molecule has 1 saturated heterocycles. The maximum atomic E-state index is 10.2. The zero-order valence-electron chi connectivity index (χ0n) is 16.0. The third kappa shape index (κ3) is 7.75. The van der Waals surface area contributed by atoms with Crippen LogP contribution >= 0.6 is 24.0 Å². The lowest BCUT2D eigenvalue weighted by atomic mass is 10.0. The third-order valence-electron chi connectivity index (χ3n) is 4.77. The Kier molecular flexibility index (Phi) is 11.8. The number of piperidine rings is 1. The zero-order valence-corrected chi connectivity index (χ0v) is 18.4. The van der Waals surface area contributed by atoms with Crippen LogP contribution in [0.5, 0.6) is 0 Å². The third-order valence-corrected chi connectivity index (χ3v) is 4.77. The first-order valence-corrected chi connectivity index (χ1v) is 9.58. The standard InChI is InChI=1S/C19H33N5O.HI/c1-3-17-7-5-6-13-24(17)14-12-22-19(21-4-2)23-15-18(25)16-8-10-20-11-9-16;/h8-11,17-18,25H,3-7,12-15H2,1-2H3,(H2,21,22,23);1H. The topological polar surface area (TPSA) is 72.8 Å². The summed E-state index contributed by atoms with van der Waals surface area (Å²) in [6, 6.07) is 4.37. The monoisotopic (exact) mass is 475 g/mol. The minimum atomic E-state index is -0.606. The molecule has 2 atom stereocenters. The molecule has 2 unspecified atom stereocenters. The number of guanidine groups is 1. The van der Waals surface area contributed by atoms with E-state index in [0.29, 0.717) is 6.54 Å². The van der Waals surface area contributed by atoms with Gasteiger partial charge < -0.3 is 15.7 Å². The summed E-state index contributed by atoms with van der Waals surface area (Å²) >= 11 is 0. The predicted molar refractivity (Wildman–Crippen MR) is 118 cm³/mol. The summed E-state index contributed by atoms with van der Waals surface area (Å²) in [6.45, 7) is 8.58. The highest BCUT2D eigenvalue weighted by Gasteiger charge is 2.19. The van der Waals surface area contributed by atoms with Crippen molar-refractivity contribution in [2.45, 2.75) is 51.7 Å². The minimum absolute atomic E-state index is 0. The van der Waals surface area contributed by atoms with Crippen molar-refractivity contribution in [2.24, 2.45) is 4.99 Å². The average Bonchev–Trinajstić information content (AvgIpc) is 2.67. The van der Waals surface area contributed by atoms with Crippen LogP contribution in [0.3, 0.4) is 0 Å². The fourth-order valence-corrected chi connectivity index (χ4v) is 3.35. The van der Waals surface area contributed by atoms with Crippen molar-refractivity contribution in [1.29, 1.82) is 0 Å². The number of hydrogen-bond donors (Lipinski definition) is 3. The van der Waals surface area contributed by atoms with Gasteiger partial charge in [-0.1, -0.05) is 13.3 Å². The van der Waals surface area contributed by atoms with E-state index in [1.807, 2.05) is 19.1 Å². The summed E-state index contributed by atoms with van der Waals surface area (Å²) < 4.78 is 0. The Morgan fingerprint density at radius 3 is 2.77 bits per heavy atom. The van der Waals surface area contributed by atoms with Crippen LogP contribution in [0.1, 0.15) is 51.2 Å². The van der Waals surface area contributed by atoms with Crippen molar-refractivity contribution in [1.82, 2.24) is 20.5 Å². The highest BCUT2D eigenvalue weighted by Crippen LogP contribution is 2.18. The average molecular weight is 475 g/mol. The van der Waals surface area contributed by atoms with Gasteiger partial charge in [0.2, 0.25) is 0 Å². The van der Waals surface area contributed by atoms with Gasteiger partial charge in [0, 0.05) is 38.1 Å². The quantitative estimate of drug-likeness (QED) is 0.306. The highest BCUT2D eigenvalue weighted by atomic mass is 127. The SMILES string of the molecule is CCNC(=NCC(O)c1ccncc1)NCCN1CCCCC1CC.I. The number of aromatic nitrogens is 1. The number of nitrogens with zero attached hydrogens (tertiary/aromatic N) is 3. The fourth-order valence-electron chi connectivity index (χ4n) is 3.35. The van der Waals surface area contributed by atoms with E-state index in [9.17, 15) is 5.11 Å². The van der Waals surface area contributed by atoms with E-state index in [2.05, 4.69) is 32.4 Å². The number of pyridine rings is 1. The summed E-state index contributed by atoms with van der Waals surface area (Å²) in [5.41, 5.74) is 0.841. The molecular weight excluding hydrogens is 441 g/mol. The molecule has 26 heavy (non-hydrogen) atoms. The van der Waals surface area contributed by atoms with Crippen molar-refractivity contribution in [3.8, 4) is 0 Å². The summed E-state index contributed by atoms with van der Waals surface area (Å²) in [5.74, 6) is 0.765. The van der Waals surface area contributed by atoms with E-state index in [1.165, 1.54) is 32.2 Å². The Bertz CT molecular complexity index is 514. The molecule has 6 nitrogen and oxygen atoms in total. The predicted octanol–water partition coefficient (Wildman–Crippen LogP) is 2.55. The number of aliphatic hydroxyl groups is 1. The summed E-state index contributed by atoms with van der Waals surface area (Å²) in [6.07, 6.45) is 7.99. The fraction of sp³-hybridized carbons (Fsp3) is 0.684. The molecule has 148 valence electrons.